The number of sulfonamides is 1. The number of morpholine rings is 1. The Balaban J connectivity index is 2.16. The number of rotatable bonds is 5. The lowest BCUT2D eigenvalue weighted by molar-refractivity contribution is -0.00278. The number of hydrogen-bond acceptors (Lipinski definition) is 5. The topological polar surface area (TPSA) is 90.5 Å². The highest BCUT2D eigenvalue weighted by Crippen LogP contribution is 2.19. The molecule has 1 atom stereocenters. The first-order valence-corrected chi connectivity index (χ1v) is 7.86. The summed E-state index contributed by atoms with van der Waals surface area (Å²) in [5.74, 6) is 0. The van der Waals surface area contributed by atoms with Crippen molar-refractivity contribution in [2.45, 2.75) is 30.9 Å². The average molecular weight is 288 g/mol. The quantitative estimate of drug-likeness (QED) is 0.799. The Morgan fingerprint density at radius 3 is 3.05 bits per heavy atom. The number of nitrogens with zero attached hydrogens (tertiary/aromatic N) is 3. The van der Waals surface area contributed by atoms with Crippen LogP contribution in [0.25, 0.3) is 0 Å². The van der Waals surface area contributed by atoms with E-state index in [0.29, 0.717) is 32.8 Å². The summed E-state index contributed by atoms with van der Waals surface area (Å²) in [5.41, 5.74) is 5.42. The van der Waals surface area contributed by atoms with Crippen molar-refractivity contribution in [1.82, 2.24) is 14.1 Å². The van der Waals surface area contributed by atoms with Gasteiger partial charge in [-0.3, -0.25) is 4.68 Å². The van der Waals surface area contributed by atoms with Crippen molar-refractivity contribution < 1.29 is 13.2 Å². The van der Waals surface area contributed by atoms with Crippen LogP contribution in [-0.2, 0) is 21.3 Å². The van der Waals surface area contributed by atoms with Crippen molar-refractivity contribution in [1.29, 1.82) is 0 Å². The second-order valence-electron chi connectivity index (χ2n) is 4.49. The molecule has 0 spiro atoms. The smallest absolute Gasteiger partial charge is 0.246 e. The lowest BCUT2D eigenvalue weighted by atomic mass is 10.2. The molecule has 2 rings (SSSR count). The fourth-order valence-electron chi connectivity index (χ4n) is 2.04. The maximum absolute atomic E-state index is 12.5. The molecule has 0 radical (unpaired) electrons. The minimum absolute atomic E-state index is 0.0254. The standard InChI is InChI=1S/C11H20N4O3S/c1-2-10-8-15(5-6-18-10)19(16,17)11-7-13-14(9-11)4-3-12/h7,9-10H,2-6,8,12H2,1H3. The van der Waals surface area contributed by atoms with E-state index in [1.807, 2.05) is 6.92 Å². The summed E-state index contributed by atoms with van der Waals surface area (Å²) in [6.07, 6.45) is 3.68. The molecular formula is C11H20N4O3S. The second-order valence-corrected chi connectivity index (χ2v) is 6.43. The van der Waals surface area contributed by atoms with E-state index in [4.69, 9.17) is 10.5 Å². The van der Waals surface area contributed by atoms with Gasteiger partial charge in [-0.25, -0.2) is 8.42 Å². The minimum Gasteiger partial charge on any atom is -0.375 e. The summed E-state index contributed by atoms with van der Waals surface area (Å²) in [4.78, 5) is 0.220. The molecule has 1 fully saturated rings. The summed E-state index contributed by atoms with van der Waals surface area (Å²) in [6, 6.07) is 0. The van der Waals surface area contributed by atoms with E-state index in [0.717, 1.165) is 6.42 Å². The van der Waals surface area contributed by atoms with Gasteiger partial charge in [0.1, 0.15) is 4.90 Å². The van der Waals surface area contributed by atoms with Crippen molar-refractivity contribution in [2.24, 2.45) is 5.73 Å². The molecule has 1 aromatic heterocycles. The summed E-state index contributed by atoms with van der Waals surface area (Å²) in [7, 11) is -3.47. The van der Waals surface area contributed by atoms with Crippen LogP contribution in [0.5, 0.6) is 0 Å². The summed E-state index contributed by atoms with van der Waals surface area (Å²) >= 11 is 0. The monoisotopic (exact) mass is 288 g/mol. The number of aromatic nitrogens is 2. The predicted octanol–water partition coefficient (Wildman–Crippen LogP) is -0.359. The van der Waals surface area contributed by atoms with E-state index in [9.17, 15) is 8.42 Å². The van der Waals surface area contributed by atoms with E-state index in [2.05, 4.69) is 5.10 Å². The van der Waals surface area contributed by atoms with Crippen LogP contribution in [0.4, 0.5) is 0 Å². The fourth-order valence-corrected chi connectivity index (χ4v) is 3.45. The summed E-state index contributed by atoms with van der Waals surface area (Å²) in [5, 5.41) is 4.01. The van der Waals surface area contributed by atoms with Gasteiger partial charge in [0.15, 0.2) is 0 Å². The van der Waals surface area contributed by atoms with E-state index in [1.165, 1.54) is 16.7 Å². The van der Waals surface area contributed by atoms with Gasteiger partial charge in [-0.1, -0.05) is 6.92 Å². The third-order valence-corrected chi connectivity index (χ3v) is 4.98. The van der Waals surface area contributed by atoms with E-state index in [-0.39, 0.29) is 11.0 Å². The van der Waals surface area contributed by atoms with E-state index in [1.54, 1.807) is 4.68 Å². The van der Waals surface area contributed by atoms with Gasteiger partial charge in [0.25, 0.3) is 0 Å². The van der Waals surface area contributed by atoms with E-state index >= 15 is 0 Å². The third kappa shape index (κ3) is 3.14. The molecule has 1 aromatic rings. The third-order valence-electron chi connectivity index (χ3n) is 3.16. The number of ether oxygens (including phenoxy) is 1. The van der Waals surface area contributed by atoms with Crippen LogP contribution in [-0.4, -0.2) is 54.8 Å². The highest BCUT2D eigenvalue weighted by atomic mass is 32.2. The Kier molecular flexibility index (Phi) is 4.56. The molecule has 1 saturated heterocycles. The molecule has 108 valence electrons. The zero-order chi connectivity index (χ0) is 13.9. The summed E-state index contributed by atoms with van der Waals surface area (Å²) in [6.45, 7) is 4.16. The molecule has 1 aliphatic heterocycles. The minimum atomic E-state index is -3.47. The SMILES string of the molecule is CCC1CN(S(=O)(=O)c2cnn(CCN)c2)CCO1. The molecule has 2 N–H and O–H groups in total. The molecule has 0 bridgehead atoms. The molecule has 0 amide bonds. The first-order valence-electron chi connectivity index (χ1n) is 6.42. The van der Waals surface area contributed by atoms with Gasteiger partial charge in [-0.15, -0.1) is 0 Å². The molecular weight excluding hydrogens is 268 g/mol. The van der Waals surface area contributed by atoms with Crippen LogP contribution in [0.15, 0.2) is 17.3 Å². The van der Waals surface area contributed by atoms with Gasteiger partial charge in [0.2, 0.25) is 10.0 Å². The van der Waals surface area contributed by atoms with E-state index < -0.39 is 10.0 Å². The normalized spacial score (nSPS) is 21.7. The summed E-state index contributed by atoms with van der Waals surface area (Å²) < 4.78 is 33.4. The molecule has 19 heavy (non-hydrogen) atoms. The van der Waals surface area contributed by atoms with Crippen molar-refractivity contribution in [3.8, 4) is 0 Å². The van der Waals surface area contributed by atoms with Crippen LogP contribution in [0.2, 0.25) is 0 Å². The van der Waals surface area contributed by atoms with Crippen LogP contribution in [0.1, 0.15) is 13.3 Å². The van der Waals surface area contributed by atoms with Crippen molar-refractivity contribution >= 4 is 10.0 Å². The Hall–Kier alpha value is -0.960. The largest absolute Gasteiger partial charge is 0.375 e. The van der Waals surface area contributed by atoms with Gasteiger partial charge >= 0.3 is 0 Å². The van der Waals surface area contributed by atoms with Crippen LogP contribution in [0, 0.1) is 0 Å². The maximum Gasteiger partial charge on any atom is 0.246 e. The Morgan fingerprint density at radius 2 is 2.37 bits per heavy atom. The van der Waals surface area contributed by atoms with Crippen molar-refractivity contribution in [2.75, 3.05) is 26.2 Å². The molecule has 2 heterocycles. The highest BCUT2D eigenvalue weighted by Gasteiger charge is 2.30. The molecule has 8 heteroatoms. The Morgan fingerprint density at radius 1 is 1.58 bits per heavy atom. The van der Waals surface area contributed by atoms with Gasteiger partial charge in [-0.2, -0.15) is 9.40 Å². The Bertz CT molecular complexity index is 514. The maximum atomic E-state index is 12.5. The number of nitrogens with two attached hydrogens (primary N) is 1. The molecule has 1 unspecified atom stereocenters. The second kappa shape index (κ2) is 6.00. The molecule has 1 aliphatic rings. The first-order chi connectivity index (χ1) is 9.07. The van der Waals surface area contributed by atoms with Gasteiger partial charge in [0.05, 0.1) is 25.5 Å². The van der Waals surface area contributed by atoms with Gasteiger partial charge in [-0.05, 0) is 6.42 Å². The molecule has 0 saturated carbocycles. The van der Waals surface area contributed by atoms with Crippen LogP contribution in [0.3, 0.4) is 0 Å². The van der Waals surface area contributed by atoms with Crippen LogP contribution < -0.4 is 5.73 Å². The van der Waals surface area contributed by atoms with Crippen molar-refractivity contribution in [3.63, 3.8) is 0 Å². The first kappa shape index (κ1) is 14.4. The van der Waals surface area contributed by atoms with Gasteiger partial charge in [0, 0.05) is 25.8 Å². The predicted molar refractivity (Wildman–Crippen MR) is 70.1 cm³/mol. The average Bonchev–Trinajstić information content (AvgIpc) is 2.88. The van der Waals surface area contributed by atoms with Crippen molar-refractivity contribution in [3.05, 3.63) is 12.4 Å². The zero-order valence-electron chi connectivity index (χ0n) is 11.0. The number of hydrogen-bond donors (Lipinski definition) is 1. The highest BCUT2D eigenvalue weighted by molar-refractivity contribution is 7.89. The molecule has 0 aromatic carbocycles. The zero-order valence-corrected chi connectivity index (χ0v) is 11.8. The lowest BCUT2D eigenvalue weighted by Gasteiger charge is -2.31. The Labute approximate surface area is 113 Å². The lowest BCUT2D eigenvalue weighted by Crippen LogP contribution is -2.45. The molecule has 0 aliphatic carbocycles. The molecule has 7 nitrogen and oxygen atoms in total. The fraction of sp³-hybridized carbons (Fsp3) is 0.727. The van der Waals surface area contributed by atoms with Crippen LogP contribution >= 0.6 is 0 Å². The van der Waals surface area contributed by atoms with Gasteiger partial charge < -0.3 is 10.5 Å².